The summed E-state index contributed by atoms with van der Waals surface area (Å²) in [6, 6.07) is 22.1. The Bertz CT molecular complexity index is 1150. The van der Waals surface area contributed by atoms with Crippen LogP contribution in [-0.2, 0) is 0 Å². The van der Waals surface area contributed by atoms with E-state index >= 15 is 0 Å². The normalized spacial score (nSPS) is 15.6. The van der Waals surface area contributed by atoms with Crippen molar-refractivity contribution in [3.63, 3.8) is 0 Å². The third kappa shape index (κ3) is 5.14. The molecular weight excluding hydrogens is 444 g/mol. The van der Waals surface area contributed by atoms with E-state index in [1.807, 2.05) is 54.6 Å². The molecule has 0 atom stereocenters. The first-order valence-corrected chi connectivity index (χ1v) is 12.5. The molecule has 3 aromatic carbocycles. The number of nitrogens with one attached hydrogen (secondary N) is 4. The van der Waals surface area contributed by atoms with Gasteiger partial charge in [-0.05, 0) is 49.2 Å². The quantitative estimate of drug-likeness (QED) is 0.252. The summed E-state index contributed by atoms with van der Waals surface area (Å²) in [7, 11) is 0. The number of rotatable bonds is 7. The standard InChI is InChI=1S/C26H30N6OS/c27-12-15-32-13-10-19(11-14-32)28-22-16-18(26(33)31-30-20-6-2-1-3-7-20)17-24-25(22)29-21-8-4-5-9-23(21)34-24/h1-9,16-17,19,28-30H,10-15,27H2,(H,31,33). The number of para-hydroxylation sites is 2. The van der Waals surface area contributed by atoms with Crippen molar-refractivity contribution in [2.24, 2.45) is 5.73 Å². The molecule has 1 saturated heterocycles. The Kier molecular flexibility index (Phi) is 6.89. The van der Waals surface area contributed by atoms with Gasteiger partial charge in [-0.25, -0.2) is 0 Å². The lowest BCUT2D eigenvalue weighted by molar-refractivity contribution is 0.0962. The van der Waals surface area contributed by atoms with Gasteiger partial charge in [-0.1, -0.05) is 42.1 Å². The Morgan fingerprint density at radius 3 is 2.59 bits per heavy atom. The third-order valence-corrected chi connectivity index (χ3v) is 7.34. The summed E-state index contributed by atoms with van der Waals surface area (Å²) in [4.78, 5) is 17.7. The van der Waals surface area contributed by atoms with Gasteiger partial charge in [0.25, 0.3) is 5.91 Å². The second-order valence-corrected chi connectivity index (χ2v) is 9.70. The van der Waals surface area contributed by atoms with Crippen LogP contribution in [0.4, 0.5) is 22.7 Å². The minimum atomic E-state index is -0.174. The van der Waals surface area contributed by atoms with E-state index in [2.05, 4.69) is 38.5 Å². The predicted octanol–water partition coefficient (Wildman–Crippen LogP) is 4.49. The molecule has 6 N–H and O–H groups in total. The number of nitrogens with two attached hydrogens (primary N) is 1. The van der Waals surface area contributed by atoms with Crippen LogP contribution in [0.15, 0.2) is 76.5 Å². The van der Waals surface area contributed by atoms with Crippen LogP contribution in [0.3, 0.4) is 0 Å². The molecule has 34 heavy (non-hydrogen) atoms. The van der Waals surface area contributed by atoms with E-state index in [9.17, 15) is 4.79 Å². The van der Waals surface area contributed by atoms with Crippen LogP contribution < -0.4 is 27.2 Å². The number of hydrogen-bond donors (Lipinski definition) is 5. The number of nitrogens with zero attached hydrogens (tertiary/aromatic N) is 1. The summed E-state index contributed by atoms with van der Waals surface area (Å²) in [6.07, 6.45) is 2.09. The Hall–Kier alpha value is -3.20. The van der Waals surface area contributed by atoms with E-state index in [-0.39, 0.29) is 5.91 Å². The first-order chi connectivity index (χ1) is 16.7. The zero-order valence-electron chi connectivity index (χ0n) is 19.0. The van der Waals surface area contributed by atoms with Gasteiger partial charge in [0, 0.05) is 47.6 Å². The van der Waals surface area contributed by atoms with Crippen LogP contribution in [0.1, 0.15) is 23.2 Å². The van der Waals surface area contributed by atoms with E-state index < -0.39 is 0 Å². The predicted molar refractivity (Wildman–Crippen MR) is 140 cm³/mol. The molecule has 0 saturated carbocycles. The average molecular weight is 475 g/mol. The summed E-state index contributed by atoms with van der Waals surface area (Å²) < 4.78 is 0. The molecule has 0 aliphatic carbocycles. The molecule has 176 valence electrons. The number of amides is 1. The molecule has 7 nitrogen and oxygen atoms in total. The lowest BCUT2D eigenvalue weighted by atomic mass is 10.0. The molecule has 0 spiro atoms. The second kappa shape index (κ2) is 10.4. The SMILES string of the molecule is NCCN1CCC(Nc2cc(C(=O)NNc3ccccc3)cc3c2Nc2ccccc2S3)CC1. The van der Waals surface area contributed by atoms with E-state index in [0.29, 0.717) is 18.2 Å². The number of hydrazine groups is 1. The van der Waals surface area contributed by atoms with Crippen molar-refractivity contribution in [3.8, 4) is 0 Å². The first-order valence-electron chi connectivity index (χ1n) is 11.7. The van der Waals surface area contributed by atoms with Gasteiger partial charge in [-0.15, -0.1) is 0 Å². The highest BCUT2D eigenvalue weighted by Crippen LogP contribution is 2.48. The van der Waals surface area contributed by atoms with Crippen molar-refractivity contribution in [3.05, 3.63) is 72.3 Å². The Labute approximate surface area is 204 Å². The van der Waals surface area contributed by atoms with Gasteiger partial charge in [-0.2, -0.15) is 0 Å². The van der Waals surface area contributed by atoms with Crippen molar-refractivity contribution in [1.29, 1.82) is 0 Å². The topological polar surface area (TPSA) is 94.5 Å². The maximum Gasteiger partial charge on any atom is 0.269 e. The number of hydrogen-bond acceptors (Lipinski definition) is 7. The number of fused-ring (bicyclic) bond motifs is 2. The number of benzene rings is 3. The van der Waals surface area contributed by atoms with Crippen molar-refractivity contribution >= 4 is 40.4 Å². The number of likely N-dealkylation sites (tertiary alicyclic amines) is 1. The molecule has 0 bridgehead atoms. The summed E-state index contributed by atoms with van der Waals surface area (Å²) in [5.41, 5.74) is 16.1. The number of carbonyl (C=O) groups excluding carboxylic acids is 1. The van der Waals surface area contributed by atoms with Gasteiger partial charge in [0.15, 0.2) is 0 Å². The molecule has 2 aliphatic rings. The van der Waals surface area contributed by atoms with Crippen molar-refractivity contribution in [2.75, 3.05) is 42.2 Å². The van der Waals surface area contributed by atoms with Crippen LogP contribution in [0.2, 0.25) is 0 Å². The highest BCUT2D eigenvalue weighted by atomic mass is 32.2. The highest BCUT2D eigenvalue weighted by Gasteiger charge is 2.24. The van der Waals surface area contributed by atoms with Crippen LogP contribution in [-0.4, -0.2) is 43.0 Å². The lowest BCUT2D eigenvalue weighted by Crippen LogP contribution is -2.41. The number of anilines is 4. The molecule has 0 unspecified atom stereocenters. The third-order valence-electron chi connectivity index (χ3n) is 6.22. The largest absolute Gasteiger partial charge is 0.380 e. The summed E-state index contributed by atoms with van der Waals surface area (Å²) in [5, 5.41) is 7.33. The molecule has 1 fully saturated rings. The molecule has 2 aliphatic heterocycles. The molecule has 2 heterocycles. The maximum absolute atomic E-state index is 13.1. The van der Waals surface area contributed by atoms with Gasteiger partial charge in [0.05, 0.1) is 22.7 Å². The van der Waals surface area contributed by atoms with Crippen LogP contribution in [0, 0.1) is 0 Å². The minimum absolute atomic E-state index is 0.174. The number of carbonyl (C=O) groups is 1. The highest BCUT2D eigenvalue weighted by molar-refractivity contribution is 7.99. The van der Waals surface area contributed by atoms with Gasteiger partial charge in [-0.3, -0.25) is 15.6 Å². The molecule has 8 heteroatoms. The van der Waals surface area contributed by atoms with Crippen LogP contribution >= 0.6 is 11.8 Å². The monoisotopic (exact) mass is 474 g/mol. The summed E-state index contributed by atoms with van der Waals surface area (Å²) in [5.74, 6) is -0.174. The summed E-state index contributed by atoms with van der Waals surface area (Å²) in [6.45, 7) is 3.70. The maximum atomic E-state index is 13.1. The second-order valence-electron chi connectivity index (χ2n) is 8.61. The summed E-state index contributed by atoms with van der Waals surface area (Å²) >= 11 is 1.69. The van der Waals surface area contributed by atoms with Gasteiger partial charge >= 0.3 is 0 Å². The fourth-order valence-corrected chi connectivity index (χ4v) is 5.47. The Balaban J connectivity index is 1.38. The van der Waals surface area contributed by atoms with E-state index in [4.69, 9.17) is 5.73 Å². The molecule has 5 rings (SSSR count). The molecular formula is C26H30N6OS. The Morgan fingerprint density at radius 2 is 1.79 bits per heavy atom. The fourth-order valence-electron chi connectivity index (χ4n) is 4.41. The minimum Gasteiger partial charge on any atom is -0.380 e. The van der Waals surface area contributed by atoms with Gasteiger partial charge in [0.1, 0.15) is 0 Å². The van der Waals surface area contributed by atoms with Crippen molar-refractivity contribution in [2.45, 2.75) is 28.7 Å². The Morgan fingerprint density at radius 1 is 1.03 bits per heavy atom. The molecule has 0 radical (unpaired) electrons. The molecule has 0 aromatic heterocycles. The smallest absolute Gasteiger partial charge is 0.269 e. The zero-order valence-corrected chi connectivity index (χ0v) is 19.8. The zero-order chi connectivity index (χ0) is 23.3. The van der Waals surface area contributed by atoms with Crippen LogP contribution in [0.5, 0.6) is 0 Å². The molecule has 3 aromatic rings. The lowest BCUT2D eigenvalue weighted by Gasteiger charge is -2.33. The fraction of sp³-hybridized carbons (Fsp3) is 0.269. The van der Waals surface area contributed by atoms with Crippen molar-refractivity contribution in [1.82, 2.24) is 10.3 Å². The number of piperidine rings is 1. The molecule has 1 amide bonds. The van der Waals surface area contributed by atoms with E-state index in [0.717, 1.165) is 65.0 Å². The average Bonchev–Trinajstić information content (AvgIpc) is 2.88. The van der Waals surface area contributed by atoms with Gasteiger partial charge < -0.3 is 21.3 Å². The van der Waals surface area contributed by atoms with Crippen molar-refractivity contribution < 1.29 is 4.79 Å². The van der Waals surface area contributed by atoms with E-state index in [1.54, 1.807) is 11.8 Å². The van der Waals surface area contributed by atoms with Crippen LogP contribution in [0.25, 0.3) is 0 Å². The first kappa shape index (κ1) is 22.6. The van der Waals surface area contributed by atoms with E-state index in [1.165, 1.54) is 0 Å². The van der Waals surface area contributed by atoms with Gasteiger partial charge in [0.2, 0.25) is 0 Å².